The molecule has 0 saturated carbocycles. The lowest BCUT2D eigenvalue weighted by atomic mass is 10.1. The third-order valence-electron chi connectivity index (χ3n) is 7.25. The molecule has 2 aromatic carbocycles. The topological polar surface area (TPSA) is 84.3 Å². The predicted octanol–water partition coefficient (Wildman–Crippen LogP) is 5.69. The molecule has 1 fully saturated rings. The molecule has 4 aromatic rings. The molecule has 39 heavy (non-hydrogen) atoms. The molecule has 0 aliphatic carbocycles. The number of hydrogen-bond acceptors (Lipinski definition) is 8. The number of benzene rings is 2. The van der Waals surface area contributed by atoms with E-state index in [9.17, 15) is 4.79 Å². The number of likely N-dealkylation sites (N-methyl/N-ethyl adjacent to an activating group) is 1. The van der Waals surface area contributed by atoms with Gasteiger partial charge in [0.15, 0.2) is 5.82 Å². The Morgan fingerprint density at radius 3 is 2.59 bits per heavy atom. The Balaban J connectivity index is 1.29. The van der Waals surface area contributed by atoms with Crippen LogP contribution in [0.4, 0.5) is 0 Å². The first-order valence-electron chi connectivity index (χ1n) is 13.5. The lowest BCUT2D eigenvalue weighted by Crippen LogP contribution is -2.27. The average Bonchev–Trinajstić information content (AvgIpc) is 3.59. The van der Waals surface area contributed by atoms with Crippen molar-refractivity contribution in [2.75, 3.05) is 20.1 Å². The minimum Gasteiger partial charge on any atom is -0.457 e. The lowest BCUT2D eigenvalue weighted by molar-refractivity contribution is -0.128. The first-order valence-corrected chi connectivity index (χ1v) is 14.3. The minimum atomic E-state index is 0.190. The second kappa shape index (κ2) is 10.8. The van der Waals surface area contributed by atoms with E-state index in [1.165, 1.54) is 5.56 Å². The van der Waals surface area contributed by atoms with Gasteiger partial charge in [-0.15, -0.1) is 10.2 Å². The fourth-order valence-electron chi connectivity index (χ4n) is 4.97. The van der Waals surface area contributed by atoms with E-state index in [0.717, 1.165) is 64.9 Å². The van der Waals surface area contributed by atoms with E-state index in [-0.39, 0.29) is 5.91 Å². The molecule has 1 amide bonds. The molecule has 8 nitrogen and oxygen atoms in total. The van der Waals surface area contributed by atoms with Crippen LogP contribution in [-0.2, 0) is 24.3 Å². The van der Waals surface area contributed by atoms with Crippen molar-refractivity contribution in [1.82, 2.24) is 30.0 Å². The molecule has 2 aliphatic rings. The number of rotatable bonds is 7. The van der Waals surface area contributed by atoms with Crippen LogP contribution >= 0.6 is 11.3 Å². The zero-order valence-corrected chi connectivity index (χ0v) is 23.4. The summed E-state index contributed by atoms with van der Waals surface area (Å²) in [5, 5.41) is 10.6. The zero-order valence-electron chi connectivity index (χ0n) is 22.6. The van der Waals surface area contributed by atoms with Gasteiger partial charge in [-0.3, -0.25) is 4.79 Å². The Kier molecular flexibility index (Phi) is 7.10. The van der Waals surface area contributed by atoms with Crippen molar-refractivity contribution >= 4 is 17.2 Å². The van der Waals surface area contributed by atoms with Crippen molar-refractivity contribution in [1.29, 1.82) is 0 Å². The van der Waals surface area contributed by atoms with Crippen molar-refractivity contribution in [3.05, 3.63) is 70.5 Å². The van der Waals surface area contributed by atoms with E-state index in [0.29, 0.717) is 36.2 Å². The van der Waals surface area contributed by atoms with E-state index >= 15 is 0 Å². The highest BCUT2D eigenvalue weighted by Crippen LogP contribution is 2.34. The quantitative estimate of drug-likeness (QED) is 0.298. The molecular weight excluding hydrogens is 508 g/mol. The molecule has 0 bridgehead atoms. The summed E-state index contributed by atoms with van der Waals surface area (Å²) < 4.78 is 6.45. The number of amides is 1. The van der Waals surface area contributed by atoms with Crippen LogP contribution in [0.15, 0.2) is 48.7 Å². The molecule has 0 N–H and O–H groups in total. The number of carbonyl (C=O) groups excluding carboxylic acids is 1. The molecule has 6 rings (SSSR count). The van der Waals surface area contributed by atoms with Gasteiger partial charge in [0.1, 0.15) is 21.5 Å². The van der Waals surface area contributed by atoms with Crippen molar-refractivity contribution < 1.29 is 9.53 Å². The Hall–Kier alpha value is -3.69. The number of aromatic nitrogens is 4. The Labute approximate surface area is 232 Å². The van der Waals surface area contributed by atoms with Crippen molar-refractivity contribution in [2.45, 2.75) is 52.1 Å². The van der Waals surface area contributed by atoms with E-state index in [1.54, 1.807) is 11.3 Å². The van der Waals surface area contributed by atoms with Gasteiger partial charge in [-0.25, -0.2) is 9.97 Å². The summed E-state index contributed by atoms with van der Waals surface area (Å²) in [4.78, 5) is 26.1. The second-order valence-electron chi connectivity index (χ2n) is 10.6. The lowest BCUT2D eigenvalue weighted by Gasteiger charge is -2.24. The average molecular weight is 541 g/mol. The Bertz CT molecular complexity index is 1500. The number of likely N-dealkylation sites (tertiary alicyclic amines) is 1. The third-order valence-corrected chi connectivity index (χ3v) is 8.52. The van der Waals surface area contributed by atoms with E-state index in [1.807, 2.05) is 53.6 Å². The fourth-order valence-corrected chi connectivity index (χ4v) is 5.82. The summed E-state index contributed by atoms with van der Waals surface area (Å²) in [6.45, 7) is 7.40. The molecule has 1 saturated heterocycles. The van der Waals surface area contributed by atoms with E-state index < -0.39 is 0 Å². The first-order chi connectivity index (χ1) is 18.9. The molecule has 2 aliphatic heterocycles. The Morgan fingerprint density at radius 2 is 1.85 bits per heavy atom. The van der Waals surface area contributed by atoms with Gasteiger partial charge in [-0.05, 0) is 43.8 Å². The molecule has 0 spiro atoms. The summed E-state index contributed by atoms with van der Waals surface area (Å²) in [6.07, 6.45) is 4.37. The maximum absolute atomic E-state index is 12.4. The highest BCUT2D eigenvalue weighted by Gasteiger charge is 2.23. The third kappa shape index (κ3) is 5.55. The predicted molar refractivity (Wildman–Crippen MR) is 152 cm³/mol. The monoisotopic (exact) mass is 540 g/mol. The molecule has 0 atom stereocenters. The van der Waals surface area contributed by atoms with Crippen LogP contribution in [0, 0.1) is 0 Å². The minimum absolute atomic E-state index is 0.190. The van der Waals surface area contributed by atoms with Crippen molar-refractivity contribution in [3.8, 4) is 33.5 Å². The van der Waals surface area contributed by atoms with Crippen LogP contribution in [-0.4, -0.2) is 56.0 Å². The summed E-state index contributed by atoms with van der Waals surface area (Å²) in [7, 11) is 2.12. The highest BCUT2D eigenvalue weighted by atomic mass is 32.1. The fraction of sp³-hybridized carbons (Fsp3) is 0.367. The van der Waals surface area contributed by atoms with E-state index in [4.69, 9.17) is 9.72 Å². The highest BCUT2D eigenvalue weighted by molar-refractivity contribution is 7.14. The zero-order chi connectivity index (χ0) is 26.9. The van der Waals surface area contributed by atoms with Crippen LogP contribution < -0.4 is 4.74 Å². The summed E-state index contributed by atoms with van der Waals surface area (Å²) in [5.74, 6) is 2.66. The molecule has 2 aromatic heterocycles. The van der Waals surface area contributed by atoms with Gasteiger partial charge in [0.05, 0.1) is 5.69 Å². The van der Waals surface area contributed by atoms with Crippen LogP contribution in [0.25, 0.3) is 22.0 Å². The van der Waals surface area contributed by atoms with Gasteiger partial charge in [0, 0.05) is 73.4 Å². The summed E-state index contributed by atoms with van der Waals surface area (Å²) >= 11 is 1.62. The SMILES string of the molecule is CC(C)c1nnc(-c2ccc(Oc3cc(-c4ncc5c(n4)CCN(C)C5)ccc3CN3CCCC3=O)cc2)s1. The number of hydrogen-bond donors (Lipinski definition) is 0. The molecular formula is C30H32N6O2S. The van der Waals surface area contributed by atoms with Crippen molar-refractivity contribution in [3.63, 3.8) is 0 Å². The molecule has 0 unspecified atom stereocenters. The van der Waals surface area contributed by atoms with Crippen LogP contribution in [0.5, 0.6) is 11.5 Å². The Morgan fingerprint density at radius 1 is 1.03 bits per heavy atom. The first kappa shape index (κ1) is 25.6. The molecule has 4 heterocycles. The van der Waals surface area contributed by atoms with Crippen LogP contribution in [0.2, 0.25) is 0 Å². The second-order valence-corrected chi connectivity index (χ2v) is 11.6. The number of fused-ring (bicyclic) bond motifs is 1. The number of ether oxygens (including phenoxy) is 1. The maximum Gasteiger partial charge on any atom is 0.222 e. The summed E-state index contributed by atoms with van der Waals surface area (Å²) in [5.41, 5.74) is 5.17. The van der Waals surface area contributed by atoms with Gasteiger partial charge in [0.25, 0.3) is 0 Å². The van der Waals surface area contributed by atoms with Crippen LogP contribution in [0.3, 0.4) is 0 Å². The standard InChI is InChI=1S/C30H32N6O2S/c1-19(2)29-33-34-30(39-29)20-8-10-24(11-9-20)38-26-15-21(6-7-22(26)18-36-13-4-5-27(36)37)28-31-16-23-17-35(3)14-12-25(23)32-28/h6-11,15-16,19H,4-5,12-14,17-18H2,1-3H3. The van der Waals surface area contributed by atoms with Gasteiger partial charge in [0.2, 0.25) is 5.91 Å². The molecule has 200 valence electrons. The van der Waals surface area contributed by atoms with Gasteiger partial charge in [-0.1, -0.05) is 37.3 Å². The van der Waals surface area contributed by atoms with E-state index in [2.05, 4.69) is 41.0 Å². The normalized spacial score (nSPS) is 15.7. The van der Waals surface area contributed by atoms with Gasteiger partial charge >= 0.3 is 0 Å². The smallest absolute Gasteiger partial charge is 0.222 e. The van der Waals surface area contributed by atoms with Gasteiger partial charge < -0.3 is 14.5 Å². The largest absolute Gasteiger partial charge is 0.457 e. The van der Waals surface area contributed by atoms with Gasteiger partial charge in [-0.2, -0.15) is 0 Å². The number of nitrogens with zero attached hydrogens (tertiary/aromatic N) is 6. The van der Waals surface area contributed by atoms with Crippen LogP contribution in [0.1, 0.15) is 54.4 Å². The molecule has 9 heteroatoms. The summed E-state index contributed by atoms with van der Waals surface area (Å²) in [6, 6.07) is 14.0. The maximum atomic E-state index is 12.4. The van der Waals surface area contributed by atoms with Crippen molar-refractivity contribution in [2.24, 2.45) is 0 Å². The molecule has 0 radical (unpaired) electrons. The number of carbonyl (C=O) groups is 1.